The zero-order valence-electron chi connectivity index (χ0n) is 18.2. The van der Waals surface area contributed by atoms with Crippen molar-refractivity contribution in [3.63, 3.8) is 0 Å². The number of hydrogen-bond acceptors (Lipinski definition) is 7. The van der Waals surface area contributed by atoms with Gasteiger partial charge in [-0.1, -0.05) is 38.3 Å². The third-order valence-corrected chi connectivity index (χ3v) is 5.76. The smallest absolute Gasteiger partial charge is 0.288 e. The van der Waals surface area contributed by atoms with Crippen LogP contribution in [0.25, 0.3) is 11.3 Å². The van der Waals surface area contributed by atoms with Crippen LogP contribution < -0.4 is 15.8 Å². The van der Waals surface area contributed by atoms with Crippen LogP contribution in [0.3, 0.4) is 0 Å². The van der Waals surface area contributed by atoms with Gasteiger partial charge in [0.15, 0.2) is 5.76 Å². The summed E-state index contributed by atoms with van der Waals surface area (Å²) in [6.45, 7) is 1.68. The van der Waals surface area contributed by atoms with Gasteiger partial charge in [0.25, 0.3) is 5.91 Å². The molecule has 12 heteroatoms. The maximum Gasteiger partial charge on any atom is 0.288 e. The van der Waals surface area contributed by atoms with Crippen LogP contribution >= 0.6 is 0 Å². The normalized spacial score (nSPS) is 12.1. The Morgan fingerprint density at radius 2 is 1.97 bits per heavy atom. The van der Waals surface area contributed by atoms with E-state index in [0.717, 1.165) is 19.3 Å². The van der Waals surface area contributed by atoms with Crippen molar-refractivity contribution in [2.24, 2.45) is 11.1 Å². The fraction of sp³-hybridized carbons (Fsp3) is 0.381. The zero-order chi connectivity index (χ0) is 24.4. The molecule has 1 atom stereocenters. The summed E-state index contributed by atoms with van der Waals surface area (Å²) in [6, 6.07) is 8.71. The highest BCUT2D eigenvalue weighted by atomic mass is 32.2. The van der Waals surface area contributed by atoms with Crippen molar-refractivity contribution >= 4 is 28.2 Å². The van der Waals surface area contributed by atoms with Gasteiger partial charge in [0.05, 0.1) is 24.0 Å². The van der Waals surface area contributed by atoms with E-state index in [1.54, 1.807) is 6.07 Å². The highest BCUT2D eigenvalue weighted by Crippen LogP contribution is 2.24. The second-order valence-electron chi connectivity index (χ2n) is 7.38. The van der Waals surface area contributed by atoms with Crippen molar-refractivity contribution in [2.75, 3.05) is 13.2 Å². The topological polar surface area (TPSA) is 172 Å². The Bertz CT molecular complexity index is 1070. The molecule has 0 bridgehead atoms. The average molecular weight is 481 g/mol. The molecule has 0 radical (unpaired) electrons. The van der Waals surface area contributed by atoms with E-state index in [-0.39, 0.29) is 36.0 Å². The lowest BCUT2D eigenvalue weighted by Gasteiger charge is -2.19. The molecular weight excluding hydrogens is 452 g/mol. The number of furan rings is 1. The maximum atomic E-state index is 12.4. The molecule has 1 aromatic carbocycles. The third kappa shape index (κ3) is 8.00. The Morgan fingerprint density at radius 3 is 2.64 bits per heavy atom. The number of sulfonamides is 1. The molecule has 0 spiro atoms. The Balaban J connectivity index is 1.95. The molecule has 180 valence electrons. The minimum Gasteiger partial charge on any atom is -0.451 e. The first kappa shape index (κ1) is 26.0. The van der Waals surface area contributed by atoms with E-state index >= 15 is 0 Å². The predicted octanol–water partition coefficient (Wildman–Crippen LogP) is 1.44. The second-order valence-corrected chi connectivity index (χ2v) is 8.94. The monoisotopic (exact) mass is 480 g/mol. The van der Waals surface area contributed by atoms with E-state index < -0.39 is 27.8 Å². The Morgan fingerprint density at radius 1 is 1.21 bits per heavy atom. The van der Waals surface area contributed by atoms with Gasteiger partial charge in [-0.3, -0.25) is 19.6 Å². The molecule has 2 aromatic rings. The summed E-state index contributed by atoms with van der Waals surface area (Å²) in [6.07, 6.45) is 3.34. The summed E-state index contributed by atoms with van der Waals surface area (Å²) in [4.78, 5) is 35.3. The molecule has 1 heterocycles. The molecular formula is C21H28N4O7S. The Labute approximate surface area is 191 Å². The van der Waals surface area contributed by atoms with Gasteiger partial charge in [0, 0.05) is 5.56 Å². The molecule has 3 amide bonds. The SMILES string of the molecule is CCCCC[C@H](CN(O)C=O)C(=O)NCNC(=O)c1ccc(-c2cccc(S(N)(=O)=O)c2)o1. The van der Waals surface area contributed by atoms with Crippen molar-refractivity contribution < 1.29 is 32.4 Å². The first-order valence-corrected chi connectivity index (χ1v) is 11.9. The standard InChI is InChI=1S/C21H28N4O7S/c1-2-3-4-6-16(12-25(29)14-26)20(27)23-13-24-21(28)19-10-9-18(32-19)15-7-5-8-17(11-15)33(22,30)31/h5,7-11,14,16,29H,2-4,6,12-13H2,1H3,(H,23,27)(H,24,28)(H2,22,30,31)/t16-/m1/s1. The van der Waals surface area contributed by atoms with E-state index in [1.807, 2.05) is 6.92 Å². The lowest BCUT2D eigenvalue weighted by Crippen LogP contribution is -2.42. The van der Waals surface area contributed by atoms with E-state index in [9.17, 15) is 28.0 Å². The molecule has 2 rings (SSSR count). The molecule has 5 N–H and O–H groups in total. The summed E-state index contributed by atoms with van der Waals surface area (Å²) >= 11 is 0. The van der Waals surface area contributed by atoms with Crippen molar-refractivity contribution in [2.45, 2.75) is 37.5 Å². The van der Waals surface area contributed by atoms with Crippen LogP contribution in [-0.2, 0) is 19.6 Å². The zero-order valence-corrected chi connectivity index (χ0v) is 19.0. The summed E-state index contributed by atoms with van der Waals surface area (Å²) in [7, 11) is -3.89. The predicted molar refractivity (Wildman–Crippen MR) is 118 cm³/mol. The highest BCUT2D eigenvalue weighted by Gasteiger charge is 2.21. The number of rotatable bonds is 13. The largest absolute Gasteiger partial charge is 0.451 e. The first-order valence-electron chi connectivity index (χ1n) is 10.4. The van der Waals surface area contributed by atoms with E-state index in [0.29, 0.717) is 17.0 Å². The Hall–Kier alpha value is -3.22. The van der Waals surface area contributed by atoms with Gasteiger partial charge < -0.3 is 15.1 Å². The van der Waals surface area contributed by atoms with E-state index in [4.69, 9.17) is 9.56 Å². The number of nitrogens with two attached hydrogens (primary N) is 1. The Kier molecular flexibility index (Phi) is 9.57. The fourth-order valence-electron chi connectivity index (χ4n) is 3.10. The van der Waals surface area contributed by atoms with Crippen molar-refractivity contribution in [1.82, 2.24) is 15.7 Å². The molecule has 0 unspecified atom stereocenters. The quantitative estimate of drug-likeness (QED) is 0.110. The number of benzene rings is 1. The molecule has 11 nitrogen and oxygen atoms in total. The van der Waals surface area contributed by atoms with Gasteiger partial charge in [-0.15, -0.1) is 0 Å². The van der Waals surface area contributed by atoms with Crippen LogP contribution in [0, 0.1) is 5.92 Å². The van der Waals surface area contributed by atoms with Crippen molar-refractivity contribution in [3.8, 4) is 11.3 Å². The fourth-order valence-corrected chi connectivity index (χ4v) is 3.66. The number of nitrogens with one attached hydrogen (secondary N) is 2. The van der Waals surface area contributed by atoms with Gasteiger partial charge in [-0.2, -0.15) is 0 Å². The van der Waals surface area contributed by atoms with Crippen LogP contribution in [0.15, 0.2) is 45.7 Å². The van der Waals surface area contributed by atoms with Crippen LogP contribution in [0.1, 0.15) is 43.2 Å². The summed E-state index contributed by atoms with van der Waals surface area (Å²) in [5, 5.41) is 20.0. The van der Waals surface area contributed by atoms with Crippen molar-refractivity contribution in [3.05, 3.63) is 42.2 Å². The molecule has 0 aliphatic heterocycles. The number of carbonyl (C=O) groups excluding carboxylic acids is 3. The van der Waals surface area contributed by atoms with Crippen LogP contribution in [-0.4, -0.2) is 50.1 Å². The number of primary sulfonamides is 1. The van der Waals surface area contributed by atoms with Gasteiger partial charge in [-0.25, -0.2) is 18.6 Å². The lowest BCUT2D eigenvalue weighted by molar-refractivity contribution is -0.154. The maximum absolute atomic E-state index is 12.4. The molecule has 0 saturated heterocycles. The minimum absolute atomic E-state index is 0.0396. The second kappa shape index (κ2) is 12.1. The van der Waals surface area contributed by atoms with Gasteiger partial charge in [0.2, 0.25) is 22.3 Å². The molecule has 0 aliphatic carbocycles. The van der Waals surface area contributed by atoms with Crippen LogP contribution in [0.2, 0.25) is 0 Å². The number of nitrogens with zero attached hydrogens (tertiary/aromatic N) is 1. The third-order valence-electron chi connectivity index (χ3n) is 4.84. The molecule has 33 heavy (non-hydrogen) atoms. The lowest BCUT2D eigenvalue weighted by atomic mass is 10.0. The molecule has 1 aromatic heterocycles. The number of unbranched alkanes of at least 4 members (excludes halogenated alkanes) is 2. The summed E-state index contributed by atoms with van der Waals surface area (Å²) in [5.41, 5.74) is 0.424. The van der Waals surface area contributed by atoms with Gasteiger partial charge >= 0.3 is 0 Å². The molecule has 0 fully saturated rings. The average Bonchev–Trinajstić information content (AvgIpc) is 3.28. The van der Waals surface area contributed by atoms with E-state index in [1.165, 1.54) is 30.3 Å². The molecule has 0 aliphatic rings. The number of hydroxylamine groups is 2. The highest BCUT2D eigenvalue weighted by molar-refractivity contribution is 7.89. The van der Waals surface area contributed by atoms with Crippen LogP contribution in [0.5, 0.6) is 0 Å². The number of amides is 3. The summed E-state index contributed by atoms with van der Waals surface area (Å²) in [5.74, 6) is -1.40. The summed E-state index contributed by atoms with van der Waals surface area (Å²) < 4.78 is 28.5. The van der Waals surface area contributed by atoms with Gasteiger partial charge in [-0.05, 0) is 30.7 Å². The van der Waals surface area contributed by atoms with Crippen molar-refractivity contribution in [1.29, 1.82) is 0 Å². The minimum atomic E-state index is -3.89. The van der Waals surface area contributed by atoms with E-state index in [2.05, 4.69) is 10.6 Å². The number of carbonyl (C=O) groups is 3. The molecule has 0 saturated carbocycles. The van der Waals surface area contributed by atoms with Gasteiger partial charge in [0.1, 0.15) is 5.76 Å². The van der Waals surface area contributed by atoms with Crippen LogP contribution in [0.4, 0.5) is 0 Å². The number of hydrogen-bond donors (Lipinski definition) is 4. The first-order chi connectivity index (χ1) is 15.7.